The summed E-state index contributed by atoms with van der Waals surface area (Å²) in [6, 6.07) is 7.27. The van der Waals surface area contributed by atoms with E-state index in [1.807, 2.05) is 11.8 Å². The number of benzene rings is 1. The molecule has 1 aliphatic heterocycles. The third-order valence-electron chi connectivity index (χ3n) is 3.31. The van der Waals surface area contributed by atoms with E-state index in [-0.39, 0.29) is 10.6 Å². The van der Waals surface area contributed by atoms with Crippen molar-refractivity contribution in [3.8, 4) is 6.07 Å². The third kappa shape index (κ3) is 3.41. The Kier molecular flexibility index (Phi) is 4.95. The molecule has 7 nitrogen and oxygen atoms in total. The number of anilines is 2. The molecule has 0 spiro atoms. The molecule has 1 aromatic carbocycles. The van der Waals surface area contributed by atoms with Crippen LogP contribution in [0.4, 0.5) is 17.1 Å². The maximum Gasteiger partial charge on any atom is 0.315 e. The number of nitrogens with one attached hydrogen (secondary N) is 1. The summed E-state index contributed by atoms with van der Waals surface area (Å²) in [7, 11) is 0. The maximum atomic E-state index is 11.4. The van der Waals surface area contributed by atoms with Gasteiger partial charge in [-0.15, -0.1) is 0 Å². The second-order valence-electron chi connectivity index (χ2n) is 4.79. The zero-order valence-corrected chi connectivity index (χ0v) is 11.9. The predicted octanol–water partition coefficient (Wildman–Crippen LogP) is 2.15. The van der Waals surface area contributed by atoms with E-state index < -0.39 is 6.10 Å². The molecule has 1 N–H and O–H groups in total. The van der Waals surface area contributed by atoms with Crippen LogP contribution in [-0.2, 0) is 4.74 Å². The second-order valence-corrected chi connectivity index (χ2v) is 4.79. The summed E-state index contributed by atoms with van der Waals surface area (Å²) in [5.74, 6) is 0. The minimum atomic E-state index is -0.550. The van der Waals surface area contributed by atoms with Crippen molar-refractivity contribution in [3.05, 3.63) is 28.3 Å². The summed E-state index contributed by atoms with van der Waals surface area (Å²) in [6.07, 6.45) is 0.334. The SMILES string of the molecule is CCCNc1cccc(N2CCOC(C#N)C2)c1[N+](=O)[O-]. The Balaban J connectivity index is 2.34. The lowest BCUT2D eigenvalue weighted by atomic mass is 10.1. The van der Waals surface area contributed by atoms with E-state index in [4.69, 9.17) is 10.00 Å². The molecule has 1 saturated heterocycles. The van der Waals surface area contributed by atoms with Gasteiger partial charge < -0.3 is 15.0 Å². The van der Waals surface area contributed by atoms with Gasteiger partial charge in [-0.3, -0.25) is 10.1 Å². The Bertz CT molecular complexity index is 556. The molecular formula is C14H18N4O3. The Labute approximate surface area is 123 Å². The van der Waals surface area contributed by atoms with Crippen molar-refractivity contribution < 1.29 is 9.66 Å². The zero-order valence-electron chi connectivity index (χ0n) is 11.9. The second kappa shape index (κ2) is 6.90. The first-order chi connectivity index (χ1) is 10.2. The minimum Gasteiger partial charge on any atom is -0.379 e. The fourth-order valence-electron chi connectivity index (χ4n) is 2.33. The highest BCUT2D eigenvalue weighted by Gasteiger charge is 2.28. The smallest absolute Gasteiger partial charge is 0.315 e. The van der Waals surface area contributed by atoms with Gasteiger partial charge in [0.1, 0.15) is 11.4 Å². The van der Waals surface area contributed by atoms with Gasteiger partial charge in [0, 0.05) is 13.1 Å². The van der Waals surface area contributed by atoms with Crippen LogP contribution in [0.25, 0.3) is 0 Å². The number of nitro groups is 1. The van der Waals surface area contributed by atoms with E-state index >= 15 is 0 Å². The van der Waals surface area contributed by atoms with E-state index in [1.54, 1.807) is 18.2 Å². The molecule has 2 rings (SSSR count). The standard InChI is InChI=1S/C14H18N4O3/c1-2-6-16-12-4-3-5-13(14(12)18(19)20)17-7-8-21-11(9-15)10-17/h3-5,11,16H,2,6-8,10H2,1H3. The molecule has 1 fully saturated rings. The first-order valence-electron chi connectivity index (χ1n) is 6.94. The molecule has 21 heavy (non-hydrogen) atoms. The van der Waals surface area contributed by atoms with Gasteiger partial charge in [-0.2, -0.15) is 5.26 Å². The zero-order chi connectivity index (χ0) is 15.2. The number of hydrogen-bond acceptors (Lipinski definition) is 6. The van der Waals surface area contributed by atoms with Crippen LogP contribution < -0.4 is 10.2 Å². The van der Waals surface area contributed by atoms with Crippen LogP contribution in [0.5, 0.6) is 0 Å². The lowest BCUT2D eigenvalue weighted by Crippen LogP contribution is -2.42. The number of nitro benzene ring substituents is 1. The van der Waals surface area contributed by atoms with Crippen molar-refractivity contribution >= 4 is 17.1 Å². The van der Waals surface area contributed by atoms with E-state index in [1.165, 1.54) is 0 Å². The molecule has 7 heteroatoms. The summed E-state index contributed by atoms with van der Waals surface area (Å²) in [4.78, 5) is 12.9. The van der Waals surface area contributed by atoms with Crippen molar-refractivity contribution in [2.45, 2.75) is 19.4 Å². The molecule has 0 saturated carbocycles. The normalized spacial score (nSPS) is 18.1. The molecule has 0 bridgehead atoms. The van der Waals surface area contributed by atoms with Gasteiger partial charge in [0.15, 0.2) is 6.10 Å². The number of nitrogens with zero attached hydrogens (tertiary/aromatic N) is 3. The van der Waals surface area contributed by atoms with Crippen LogP contribution >= 0.6 is 0 Å². The van der Waals surface area contributed by atoms with Gasteiger partial charge in [-0.1, -0.05) is 13.0 Å². The molecular weight excluding hydrogens is 272 g/mol. The van der Waals surface area contributed by atoms with E-state index in [9.17, 15) is 10.1 Å². The lowest BCUT2D eigenvalue weighted by molar-refractivity contribution is -0.383. The summed E-state index contributed by atoms with van der Waals surface area (Å²) in [5, 5.41) is 23.5. The molecule has 0 radical (unpaired) electrons. The van der Waals surface area contributed by atoms with Crippen LogP contribution in [0.3, 0.4) is 0 Å². The molecule has 0 aromatic heterocycles. The van der Waals surface area contributed by atoms with Crippen molar-refractivity contribution in [1.82, 2.24) is 0 Å². The molecule has 112 valence electrons. The molecule has 1 unspecified atom stereocenters. The highest BCUT2D eigenvalue weighted by Crippen LogP contribution is 2.36. The van der Waals surface area contributed by atoms with Crippen molar-refractivity contribution in [3.63, 3.8) is 0 Å². The number of hydrogen-bond donors (Lipinski definition) is 1. The van der Waals surface area contributed by atoms with Crippen molar-refractivity contribution in [2.75, 3.05) is 36.5 Å². The summed E-state index contributed by atoms with van der Waals surface area (Å²) >= 11 is 0. The summed E-state index contributed by atoms with van der Waals surface area (Å²) in [6.45, 7) is 3.95. The first kappa shape index (κ1) is 15.1. The van der Waals surface area contributed by atoms with Crippen LogP contribution in [0, 0.1) is 21.4 Å². The molecule has 1 atom stereocenters. The summed E-state index contributed by atoms with van der Waals surface area (Å²) in [5.41, 5.74) is 1.11. The fourth-order valence-corrected chi connectivity index (χ4v) is 2.33. The van der Waals surface area contributed by atoms with Gasteiger partial charge in [0.2, 0.25) is 0 Å². The Morgan fingerprint density at radius 1 is 1.62 bits per heavy atom. The predicted molar refractivity (Wildman–Crippen MR) is 79.4 cm³/mol. The minimum absolute atomic E-state index is 0.0598. The largest absolute Gasteiger partial charge is 0.379 e. The quantitative estimate of drug-likeness (QED) is 0.660. The Morgan fingerprint density at radius 2 is 2.43 bits per heavy atom. The lowest BCUT2D eigenvalue weighted by Gasteiger charge is -2.31. The highest BCUT2D eigenvalue weighted by molar-refractivity contribution is 5.77. The number of nitriles is 1. The van der Waals surface area contributed by atoms with Crippen LogP contribution in [0.2, 0.25) is 0 Å². The summed E-state index contributed by atoms with van der Waals surface area (Å²) < 4.78 is 5.29. The average Bonchev–Trinajstić information content (AvgIpc) is 2.52. The number of morpholine rings is 1. The molecule has 0 amide bonds. The van der Waals surface area contributed by atoms with E-state index in [0.29, 0.717) is 37.6 Å². The average molecular weight is 290 g/mol. The van der Waals surface area contributed by atoms with Gasteiger partial charge >= 0.3 is 5.69 Å². The van der Waals surface area contributed by atoms with Crippen LogP contribution in [0.15, 0.2) is 18.2 Å². The Morgan fingerprint density at radius 3 is 3.10 bits per heavy atom. The van der Waals surface area contributed by atoms with Crippen molar-refractivity contribution in [1.29, 1.82) is 5.26 Å². The molecule has 0 aliphatic carbocycles. The van der Waals surface area contributed by atoms with Gasteiger partial charge in [-0.25, -0.2) is 0 Å². The fraction of sp³-hybridized carbons (Fsp3) is 0.500. The van der Waals surface area contributed by atoms with Crippen molar-refractivity contribution in [2.24, 2.45) is 0 Å². The maximum absolute atomic E-state index is 11.4. The van der Waals surface area contributed by atoms with Gasteiger partial charge in [-0.05, 0) is 18.6 Å². The Hall–Kier alpha value is -2.33. The van der Waals surface area contributed by atoms with E-state index in [2.05, 4.69) is 11.4 Å². The number of rotatable bonds is 5. The molecule has 1 aromatic rings. The molecule has 1 heterocycles. The van der Waals surface area contributed by atoms with Gasteiger partial charge in [0.05, 0.1) is 24.1 Å². The van der Waals surface area contributed by atoms with Crippen LogP contribution in [0.1, 0.15) is 13.3 Å². The molecule has 1 aliphatic rings. The number of para-hydroxylation sites is 1. The topological polar surface area (TPSA) is 91.4 Å². The van der Waals surface area contributed by atoms with Crippen LogP contribution in [-0.4, -0.2) is 37.3 Å². The first-order valence-corrected chi connectivity index (χ1v) is 6.94. The monoisotopic (exact) mass is 290 g/mol. The van der Waals surface area contributed by atoms with Gasteiger partial charge in [0.25, 0.3) is 0 Å². The number of ether oxygens (including phenoxy) is 1. The highest BCUT2D eigenvalue weighted by atomic mass is 16.6. The van der Waals surface area contributed by atoms with E-state index in [0.717, 1.165) is 6.42 Å². The third-order valence-corrected chi connectivity index (χ3v) is 3.31.